The summed E-state index contributed by atoms with van der Waals surface area (Å²) in [7, 11) is 1.46. The van der Waals surface area contributed by atoms with E-state index in [0.717, 1.165) is 18.4 Å². The maximum atomic E-state index is 12.8. The quantitative estimate of drug-likeness (QED) is 0.557. The van der Waals surface area contributed by atoms with E-state index in [-0.39, 0.29) is 36.4 Å². The van der Waals surface area contributed by atoms with Gasteiger partial charge in [-0.25, -0.2) is 0 Å². The number of hydrogen-bond acceptors (Lipinski definition) is 5. The Labute approximate surface area is 187 Å². The molecule has 0 atom stereocenters. The number of aryl methyl sites for hydroxylation is 1. The number of amides is 3. The first-order valence-corrected chi connectivity index (χ1v) is 10.6. The highest BCUT2D eigenvalue weighted by Crippen LogP contribution is 2.29. The van der Waals surface area contributed by atoms with Gasteiger partial charge in [-0.05, 0) is 69.5 Å². The standard InChI is InChI=1S/C24H29N3O5/c1-14(2)25-22(28)13-32-20-10-7-17(12-21(20)31-4)24(30)27-19-11-16(6-5-15(19)3)23(29)26-18-8-9-18/h5-7,10-12,14,18H,8-9,13H2,1-4H3,(H,25,28)(H,26,29)(H,27,30). The minimum atomic E-state index is -0.352. The summed E-state index contributed by atoms with van der Waals surface area (Å²) < 4.78 is 10.9. The Morgan fingerprint density at radius 3 is 2.34 bits per heavy atom. The van der Waals surface area contributed by atoms with Crippen molar-refractivity contribution in [2.24, 2.45) is 0 Å². The van der Waals surface area contributed by atoms with Gasteiger partial charge in [0.05, 0.1) is 7.11 Å². The average Bonchev–Trinajstić information content (AvgIpc) is 3.57. The van der Waals surface area contributed by atoms with Gasteiger partial charge in [0.1, 0.15) is 0 Å². The van der Waals surface area contributed by atoms with Crippen LogP contribution in [0.1, 0.15) is 53.0 Å². The first-order valence-electron chi connectivity index (χ1n) is 10.6. The molecule has 0 unspecified atom stereocenters. The van der Waals surface area contributed by atoms with E-state index in [4.69, 9.17) is 9.47 Å². The zero-order valence-corrected chi connectivity index (χ0v) is 18.8. The highest BCUT2D eigenvalue weighted by molar-refractivity contribution is 6.06. The summed E-state index contributed by atoms with van der Waals surface area (Å²) in [5.41, 5.74) is 2.25. The molecule has 0 heterocycles. The third-order valence-corrected chi connectivity index (χ3v) is 4.89. The predicted molar refractivity (Wildman–Crippen MR) is 121 cm³/mol. The van der Waals surface area contributed by atoms with Crippen LogP contribution >= 0.6 is 0 Å². The number of carbonyl (C=O) groups is 3. The maximum absolute atomic E-state index is 12.8. The number of ether oxygens (including phenoxy) is 2. The van der Waals surface area contributed by atoms with E-state index in [2.05, 4.69) is 16.0 Å². The number of rotatable bonds is 9. The van der Waals surface area contributed by atoms with Gasteiger partial charge in [-0.2, -0.15) is 0 Å². The van der Waals surface area contributed by atoms with Gasteiger partial charge in [0.25, 0.3) is 17.7 Å². The van der Waals surface area contributed by atoms with Gasteiger partial charge >= 0.3 is 0 Å². The van der Waals surface area contributed by atoms with E-state index < -0.39 is 0 Å². The number of hydrogen-bond donors (Lipinski definition) is 3. The first-order chi connectivity index (χ1) is 15.3. The molecule has 0 saturated heterocycles. The van der Waals surface area contributed by atoms with E-state index in [1.807, 2.05) is 20.8 Å². The van der Waals surface area contributed by atoms with Crippen molar-refractivity contribution in [3.63, 3.8) is 0 Å². The fourth-order valence-electron chi connectivity index (χ4n) is 3.02. The smallest absolute Gasteiger partial charge is 0.258 e. The van der Waals surface area contributed by atoms with E-state index in [9.17, 15) is 14.4 Å². The second-order valence-corrected chi connectivity index (χ2v) is 8.11. The Kier molecular flexibility index (Phi) is 7.35. The van der Waals surface area contributed by atoms with Gasteiger partial charge < -0.3 is 25.4 Å². The molecular weight excluding hydrogens is 410 g/mol. The second kappa shape index (κ2) is 10.2. The SMILES string of the molecule is COc1cc(C(=O)Nc2cc(C(=O)NC3CC3)ccc2C)ccc1OCC(=O)NC(C)C. The molecule has 3 amide bonds. The molecule has 2 aromatic rings. The van der Waals surface area contributed by atoms with Gasteiger partial charge in [-0.3, -0.25) is 14.4 Å². The highest BCUT2D eigenvalue weighted by Gasteiger charge is 2.24. The average molecular weight is 440 g/mol. The van der Waals surface area contributed by atoms with E-state index in [1.165, 1.54) is 7.11 Å². The van der Waals surface area contributed by atoms with Crippen molar-refractivity contribution in [2.75, 3.05) is 19.0 Å². The zero-order chi connectivity index (χ0) is 23.3. The van der Waals surface area contributed by atoms with Crippen molar-refractivity contribution in [1.82, 2.24) is 10.6 Å². The van der Waals surface area contributed by atoms with Crippen molar-refractivity contribution < 1.29 is 23.9 Å². The Bertz CT molecular complexity index is 1010. The van der Waals surface area contributed by atoms with Gasteiger partial charge in [0, 0.05) is 28.9 Å². The summed E-state index contributed by atoms with van der Waals surface area (Å²) in [6.07, 6.45) is 2.01. The highest BCUT2D eigenvalue weighted by atomic mass is 16.5. The first kappa shape index (κ1) is 23.1. The van der Waals surface area contributed by atoms with Crippen LogP contribution < -0.4 is 25.4 Å². The molecule has 0 radical (unpaired) electrons. The molecule has 32 heavy (non-hydrogen) atoms. The van der Waals surface area contributed by atoms with Crippen LogP contribution in [-0.2, 0) is 4.79 Å². The molecule has 0 aromatic heterocycles. The zero-order valence-electron chi connectivity index (χ0n) is 18.8. The van der Waals surface area contributed by atoms with Crippen molar-refractivity contribution >= 4 is 23.4 Å². The summed E-state index contributed by atoms with van der Waals surface area (Å²) >= 11 is 0. The third kappa shape index (κ3) is 6.23. The summed E-state index contributed by atoms with van der Waals surface area (Å²) in [6, 6.07) is 10.2. The number of carbonyl (C=O) groups excluding carboxylic acids is 3. The van der Waals surface area contributed by atoms with E-state index in [1.54, 1.807) is 36.4 Å². The lowest BCUT2D eigenvalue weighted by atomic mass is 10.1. The van der Waals surface area contributed by atoms with Crippen LogP contribution in [0.15, 0.2) is 36.4 Å². The van der Waals surface area contributed by atoms with Crippen molar-refractivity contribution in [3.8, 4) is 11.5 Å². The Morgan fingerprint density at radius 2 is 1.69 bits per heavy atom. The molecule has 1 fully saturated rings. The van der Waals surface area contributed by atoms with Crippen LogP contribution in [0.2, 0.25) is 0 Å². The lowest BCUT2D eigenvalue weighted by molar-refractivity contribution is -0.123. The van der Waals surface area contributed by atoms with Crippen LogP contribution in [0.4, 0.5) is 5.69 Å². The Morgan fingerprint density at radius 1 is 1.00 bits per heavy atom. The molecular formula is C24H29N3O5. The number of anilines is 1. The summed E-state index contributed by atoms with van der Waals surface area (Å²) in [5.74, 6) is -0.0463. The number of methoxy groups -OCH3 is 1. The minimum absolute atomic E-state index is 0.0146. The predicted octanol–water partition coefficient (Wildman–Crippen LogP) is 3.05. The van der Waals surface area contributed by atoms with Gasteiger partial charge in [0.15, 0.2) is 18.1 Å². The Hall–Kier alpha value is -3.55. The normalized spacial score (nSPS) is 12.8. The molecule has 0 aliphatic heterocycles. The molecule has 0 bridgehead atoms. The third-order valence-electron chi connectivity index (χ3n) is 4.89. The van der Waals surface area contributed by atoms with Crippen molar-refractivity contribution in [3.05, 3.63) is 53.1 Å². The minimum Gasteiger partial charge on any atom is -0.493 e. The monoisotopic (exact) mass is 439 g/mol. The van der Waals surface area contributed by atoms with Gasteiger partial charge in [0.2, 0.25) is 0 Å². The van der Waals surface area contributed by atoms with Crippen LogP contribution in [-0.4, -0.2) is 43.5 Å². The molecule has 1 aliphatic rings. The maximum Gasteiger partial charge on any atom is 0.258 e. The fourth-order valence-corrected chi connectivity index (χ4v) is 3.02. The molecule has 8 heteroatoms. The molecule has 2 aromatic carbocycles. The van der Waals surface area contributed by atoms with Crippen LogP contribution in [0.3, 0.4) is 0 Å². The second-order valence-electron chi connectivity index (χ2n) is 8.11. The lowest BCUT2D eigenvalue weighted by Crippen LogP contribution is -2.34. The Balaban J connectivity index is 1.69. The van der Waals surface area contributed by atoms with Gasteiger partial charge in [-0.1, -0.05) is 6.07 Å². The molecule has 8 nitrogen and oxygen atoms in total. The fraction of sp³-hybridized carbons (Fsp3) is 0.375. The number of benzene rings is 2. The van der Waals surface area contributed by atoms with Crippen molar-refractivity contribution in [2.45, 2.75) is 45.7 Å². The van der Waals surface area contributed by atoms with Crippen molar-refractivity contribution in [1.29, 1.82) is 0 Å². The molecule has 1 aliphatic carbocycles. The molecule has 3 rings (SSSR count). The van der Waals surface area contributed by atoms with Crippen LogP contribution in [0.25, 0.3) is 0 Å². The molecule has 3 N–H and O–H groups in total. The molecule has 0 spiro atoms. The summed E-state index contributed by atoms with van der Waals surface area (Å²) in [6.45, 7) is 5.43. The molecule has 1 saturated carbocycles. The molecule has 170 valence electrons. The summed E-state index contributed by atoms with van der Waals surface area (Å²) in [5, 5.41) is 8.54. The topological polar surface area (TPSA) is 106 Å². The lowest BCUT2D eigenvalue weighted by Gasteiger charge is -2.14. The van der Waals surface area contributed by atoms with Crippen LogP contribution in [0, 0.1) is 6.92 Å². The van der Waals surface area contributed by atoms with Crippen LogP contribution in [0.5, 0.6) is 11.5 Å². The largest absolute Gasteiger partial charge is 0.493 e. The van der Waals surface area contributed by atoms with Gasteiger partial charge in [-0.15, -0.1) is 0 Å². The summed E-state index contributed by atoms with van der Waals surface area (Å²) in [4.78, 5) is 37.0. The van der Waals surface area contributed by atoms with E-state index in [0.29, 0.717) is 28.3 Å². The number of nitrogens with one attached hydrogen (secondary N) is 3. The van der Waals surface area contributed by atoms with E-state index >= 15 is 0 Å².